The van der Waals surface area contributed by atoms with Gasteiger partial charge in [-0.2, -0.15) is 0 Å². The fourth-order valence-corrected chi connectivity index (χ4v) is 2.70. The number of likely N-dealkylation sites (N-methyl/N-ethyl adjacent to an activating group) is 1. The second kappa shape index (κ2) is 10.6. The van der Waals surface area contributed by atoms with Gasteiger partial charge in [0.25, 0.3) is 0 Å². The van der Waals surface area contributed by atoms with E-state index in [9.17, 15) is 9.18 Å². The number of carbonyl (C=O) groups is 1. The Labute approximate surface area is 159 Å². The predicted molar refractivity (Wildman–Crippen MR) is 103 cm³/mol. The van der Waals surface area contributed by atoms with Crippen LogP contribution in [0.25, 0.3) is 0 Å². The molecule has 0 aliphatic heterocycles. The van der Waals surface area contributed by atoms with E-state index in [2.05, 4.69) is 15.6 Å². The number of ether oxygens (including phenoxy) is 2. The van der Waals surface area contributed by atoms with E-state index in [4.69, 9.17) is 9.47 Å². The van der Waals surface area contributed by atoms with Gasteiger partial charge in [-0.15, -0.1) is 0 Å². The molecule has 1 unspecified atom stereocenters. The topological polar surface area (TPSA) is 75.2 Å². The minimum Gasteiger partial charge on any atom is -0.489 e. The summed E-state index contributed by atoms with van der Waals surface area (Å²) >= 11 is 0. The monoisotopic (exact) mass is 380 g/mol. The van der Waals surface area contributed by atoms with Crippen molar-refractivity contribution in [1.82, 2.24) is 15.5 Å². The zero-order valence-corrected chi connectivity index (χ0v) is 16.2. The molecule has 0 heterocycles. The third-order valence-corrected chi connectivity index (χ3v) is 4.34. The van der Waals surface area contributed by atoms with E-state index < -0.39 is 6.09 Å². The van der Waals surface area contributed by atoms with E-state index in [0.29, 0.717) is 38.2 Å². The first-order valence-electron chi connectivity index (χ1n) is 9.27. The van der Waals surface area contributed by atoms with Crippen LogP contribution in [0, 0.1) is 11.7 Å². The number of halogens is 1. The van der Waals surface area contributed by atoms with Crippen LogP contribution < -0.4 is 15.4 Å². The lowest BCUT2D eigenvalue weighted by Gasteiger charge is -2.25. The standard InChI is InChI=1S/C19H29FN4O3/c1-4-26-19(25)23-16(14-9-10-14)13-22-18(21-2)24(3)11-12-27-17-8-6-5-7-15(17)20/h5-8,14,16H,4,9-13H2,1-3H3,(H,21,22)(H,23,25). The number of aliphatic imine (C=N–C) groups is 1. The SMILES string of the molecule is CCOC(=O)NC(CNC(=NC)N(C)CCOc1ccccc1F)C1CC1. The number of guanidine groups is 1. The van der Waals surface area contributed by atoms with Gasteiger partial charge in [0, 0.05) is 20.6 Å². The van der Waals surface area contributed by atoms with Gasteiger partial charge < -0.3 is 25.0 Å². The lowest BCUT2D eigenvalue weighted by Crippen LogP contribution is -2.49. The molecule has 1 atom stereocenters. The molecular formula is C19H29FN4O3. The van der Waals surface area contributed by atoms with Gasteiger partial charge in [-0.25, -0.2) is 9.18 Å². The Hall–Kier alpha value is -2.51. The third kappa shape index (κ3) is 6.96. The highest BCUT2D eigenvalue weighted by Crippen LogP contribution is 2.32. The summed E-state index contributed by atoms with van der Waals surface area (Å²) in [4.78, 5) is 17.8. The number of carbonyl (C=O) groups excluding carboxylic acids is 1. The van der Waals surface area contributed by atoms with Crippen LogP contribution in [0.2, 0.25) is 0 Å². The van der Waals surface area contributed by atoms with Crippen molar-refractivity contribution < 1.29 is 18.7 Å². The molecule has 1 fully saturated rings. The molecule has 0 aromatic heterocycles. The Morgan fingerprint density at radius 3 is 2.78 bits per heavy atom. The Balaban J connectivity index is 1.77. The summed E-state index contributed by atoms with van der Waals surface area (Å²) < 4.78 is 24.0. The number of nitrogens with zero attached hydrogens (tertiary/aromatic N) is 2. The Bertz CT molecular complexity index is 637. The summed E-state index contributed by atoms with van der Waals surface area (Å²) in [5.74, 6) is 1.01. The summed E-state index contributed by atoms with van der Waals surface area (Å²) in [6, 6.07) is 6.33. The first-order chi connectivity index (χ1) is 13.0. The third-order valence-electron chi connectivity index (χ3n) is 4.34. The van der Waals surface area contributed by atoms with Crippen LogP contribution >= 0.6 is 0 Å². The molecule has 8 heteroatoms. The van der Waals surface area contributed by atoms with Crippen molar-refractivity contribution in [3.05, 3.63) is 30.1 Å². The highest BCUT2D eigenvalue weighted by molar-refractivity contribution is 5.79. The number of benzene rings is 1. The van der Waals surface area contributed by atoms with Gasteiger partial charge in [0.1, 0.15) is 6.61 Å². The van der Waals surface area contributed by atoms with Crippen molar-refractivity contribution in [3.63, 3.8) is 0 Å². The molecule has 0 bridgehead atoms. The van der Waals surface area contributed by atoms with Crippen molar-refractivity contribution in [2.24, 2.45) is 10.9 Å². The maximum Gasteiger partial charge on any atom is 0.407 e. The van der Waals surface area contributed by atoms with E-state index >= 15 is 0 Å². The van der Waals surface area contributed by atoms with Crippen molar-refractivity contribution in [2.45, 2.75) is 25.8 Å². The summed E-state index contributed by atoms with van der Waals surface area (Å²) in [6.07, 6.45) is 1.81. The summed E-state index contributed by atoms with van der Waals surface area (Å²) in [7, 11) is 3.58. The smallest absolute Gasteiger partial charge is 0.407 e. The van der Waals surface area contributed by atoms with Crippen molar-refractivity contribution >= 4 is 12.1 Å². The van der Waals surface area contributed by atoms with Gasteiger partial charge in [-0.05, 0) is 37.8 Å². The van der Waals surface area contributed by atoms with Crippen molar-refractivity contribution in [3.8, 4) is 5.75 Å². The number of hydrogen-bond donors (Lipinski definition) is 2. The number of rotatable bonds is 9. The minimum absolute atomic E-state index is 0.00358. The highest BCUT2D eigenvalue weighted by Gasteiger charge is 2.32. The van der Waals surface area contributed by atoms with Gasteiger partial charge in [-0.1, -0.05) is 12.1 Å². The van der Waals surface area contributed by atoms with Crippen LogP contribution in [-0.2, 0) is 4.74 Å². The van der Waals surface area contributed by atoms with Crippen LogP contribution in [0.5, 0.6) is 5.75 Å². The number of nitrogens with one attached hydrogen (secondary N) is 2. The van der Waals surface area contributed by atoms with Gasteiger partial charge >= 0.3 is 6.09 Å². The molecular weight excluding hydrogens is 351 g/mol. The highest BCUT2D eigenvalue weighted by atomic mass is 19.1. The predicted octanol–water partition coefficient (Wildman–Crippen LogP) is 2.24. The quantitative estimate of drug-likeness (QED) is 0.508. The van der Waals surface area contributed by atoms with Crippen molar-refractivity contribution in [1.29, 1.82) is 0 Å². The largest absolute Gasteiger partial charge is 0.489 e. The molecule has 2 rings (SSSR count). The molecule has 2 N–H and O–H groups in total. The van der Waals surface area contributed by atoms with Gasteiger partial charge in [0.05, 0.1) is 19.2 Å². The minimum atomic E-state index is -0.391. The van der Waals surface area contributed by atoms with E-state index in [1.807, 2.05) is 11.9 Å². The average molecular weight is 380 g/mol. The Morgan fingerprint density at radius 2 is 2.15 bits per heavy atom. The lowest BCUT2D eigenvalue weighted by atomic mass is 10.2. The summed E-state index contributed by atoms with van der Waals surface area (Å²) in [5, 5.41) is 6.18. The zero-order chi connectivity index (χ0) is 19.6. The van der Waals surface area contributed by atoms with E-state index in [-0.39, 0.29) is 17.6 Å². The maximum atomic E-state index is 13.6. The van der Waals surface area contributed by atoms with Gasteiger partial charge in [0.2, 0.25) is 0 Å². The average Bonchev–Trinajstić information content (AvgIpc) is 3.48. The summed E-state index contributed by atoms with van der Waals surface area (Å²) in [6.45, 7) is 3.56. The lowest BCUT2D eigenvalue weighted by molar-refractivity contribution is 0.146. The zero-order valence-electron chi connectivity index (χ0n) is 16.2. The Kier molecular flexibility index (Phi) is 8.16. The molecule has 7 nitrogen and oxygen atoms in total. The Morgan fingerprint density at radius 1 is 1.41 bits per heavy atom. The fraction of sp³-hybridized carbons (Fsp3) is 0.579. The first kappa shape index (κ1) is 20.8. The van der Waals surface area contributed by atoms with E-state index in [0.717, 1.165) is 12.8 Å². The van der Waals surface area contributed by atoms with Crippen LogP contribution in [-0.4, -0.2) is 63.4 Å². The second-order valence-corrected chi connectivity index (χ2v) is 6.44. The molecule has 27 heavy (non-hydrogen) atoms. The molecule has 0 saturated heterocycles. The van der Waals surface area contributed by atoms with Gasteiger partial charge in [0.15, 0.2) is 17.5 Å². The number of para-hydroxylation sites is 1. The van der Waals surface area contributed by atoms with E-state index in [1.165, 1.54) is 6.07 Å². The molecule has 150 valence electrons. The molecule has 1 amide bonds. The second-order valence-electron chi connectivity index (χ2n) is 6.44. The van der Waals surface area contributed by atoms with Crippen LogP contribution in [0.4, 0.5) is 9.18 Å². The van der Waals surface area contributed by atoms with Crippen LogP contribution in [0.3, 0.4) is 0 Å². The summed E-state index contributed by atoms with van der Waals surface area (Å²) in [5.41, 5.74) is 0. The normalized spacial score (nSPS) is 15.0. The van der Waals surface area contributed by atoms with E-state index in [1.54, 1.807) is 32.2 Å². The number of alkyl carbamates (subject to hydrolysis) is 1. The number of hydrogen-bond acceptors (Lipinski definition) is 4. The molecule has 0 radical (unpaired) electrons. The molecule has 0 spiro atoms. The molecule has 1 aliphatic rings. The first-order valence-corrected chi connectivity index (χ1v) is 9.27. The number of amides is 1. The molecule has 1 saturated carbocycles. The fourth-order valence-electron chi connectivity index (χ4n) is 2.70. The van der Waals surface area contributed by atoms with Gasteiger partial charge in [-0.3, -0.25) is 4.99 Å². The molecule has 1 aliphatic carbocycles. The van der Waals surface area contributed by atoms with Crippen LogP contribution in [0.1, 0.15) is 19.8 Å². The maximum absolute atomic E-state index is 13.6. The van der Waals surface area contributed by atoms with Crippen LogP contribution in [0.15, 0.2) is 29.3 Å². The van der Waals surface area contributed by atoms with Crippen molar-refractivity contribution in [2.75, 3.05) is 40.4 Å². The molecule has 1 aromatic rings. The molecule has 1 aromatic carbocycles.